The third kappa shape index (κ3) is 9.35. The van der Waals surface area contributed by atoms with Crippen molar-refractivity contribution >= 4 is 18.8 Å². The van der Waals surface area contributed by atoms with Crippen LogP contribution >= 0.6 is 0 Å². The van der Waals surface area contributed by atoms with E-state index in [0.717, 1.165) is 54.3 Å². The van der Waals surface area contributed by atoms with Crippen molar-refractivity contribution in [1.82, 2.24) is 9.97 Å². The summed E-state index contributed by atoms with van der Waals surface area (Å²) >= 11 is 0. The normalized spacial score (nSPS) is 11.2. The Hall–Kier alpha value is -4.39. The first-order valence-electron chi connectivity index (χ1n) is 13.6. The zero-order valence-electron chi connectivity index (χ0n) is 22.8. The molecule has 1 aromatic heterocycles. The van der Waals surface area contributed by atoms with Gasteiger partial charge in [0.05, 0.1) is 17.5 Å². The number of aryl methyl sites for hydroxylation is 1. The van der Waals surface area contributed by atoms with E-state index >= 15 is 0 Å². The molecule has 0 fully saturated rings. The van der Waals surface area contributed by atoms with E-state index in [0.29, 0.717) is 12.0 Å². The van der Waals surface area contributed by atoms with Gasteiger partial charge >= 0.3 is 6.18 Å². The molecular weight excluding hydrogens is 523 g/mol. The number of imidazole rings is 1. The number of H-pyrrole nitrogens is 1. The molecular formula is C34H31BF4N2. The number of hydrogen-bond acceptors (Lipinski definition) is 1. The Morgan fingerprint density at radius 3 is 2.24 bits per heavy atom. The monoisotopic (exact) mass is 554 g/mol. The van der Waals surface area contributed by atoms with E-state index in [4.69, 9.17) is 0 Å². The van der Waals surface area contributed by atoms with Crippen LogP contribution in [0.2, 0.25) is 6.32 Å². The topological polar surface area (TPSA) is 28.7 Å². The van der Waals surface area contributed by atoms with Crippen molar-refractivity contribution in [1.29, 1.82) is 0 Å². The summed E-state index contributed by atoms with van der Waals surface area (Å²) in [5, 5.41) is 0. The number of aromatic nitrogens is 2. The molecule has 0 saturated carbocycles. The van der Waals surface area contributed by atoms with Gasteiger partial charge in [-0.3, -0.25) is 0 Å². The Morgan fingerprint density at radius 1 is 0.829 bits per heavy atom. The second-order valence-electron chi connectivity index (χ2n) is 9.66. The van der Waals surface area contributed by atoms with Gasteiger partial charge in [-0.2, -0.15) is 13.2 Å². The number of nitrogens with one attached hydrogen (secondary N) is 1. The van der Waals surface area contributed by atoms with Crippen LogP contribution in [0.4, 0.5) is 17.6 Å². The van der Waals surface area contributed by atoms with E-state index in [9.17, 15) is 17.6 Å². The summed E-state index contributed by atoms with van der Waals surface area (Å²) in [5.41, 5.74) is 5.24. The van der Waals surface area contributed by atoms with Crippen LogP contribution in [0.3, 0.4) is 0 Å². The minimum absolute atomic E-state index is 0.181. The highest BCUT2D eigenvalue weighted by Gasteiger charge is 2.30. The van der Waals surface area contributed by atoms with Crippen molar-refractivity contribution in [3.63, 3.8) is 0 Å². The van der Waals surface area contributed by atoms with Crippen LogP contribution in [0.1, 0.15) is 35.0 Å². The van der Waals surface area contributed by atoms with Crippen molar-refractivity contribution in [3.05, 3.63) is 149 Å². The zero-order chi connectivity index (χ0) is 29.1. The van der Waals surface area contributed by atoms with E-state index in [2.05, 4.69) is 9.97 Å². The number of nitrogens with zero attached hydrogens (tertiary/aromatic N) is 1. The second kappa shape index (κ2) is 14.3. The first kappa shape index (κ1) is 29.6. The number of hydrogen-bond donors (Lipinski definition) is 1. The predicted octanol–water partition coefficient (Wildman–Crippen LogP) is 8.27. The molecule has 1 N–H and O–H groups in total. The highest BCUT2D eigenvalue weighted by atomic mass is 19.4. The molecule has 0 amide bonds. The summed E-state index contributed by atoms with van der Waals surface area (Å²) < 4.78 is 51.2. The zero-order valence-corrected chi connectivity index (χ0v) is 22.8. The van der Waals surface area contributed by atoms with Crippen molar-refractivity contribution in [3.8, 4) is 11.3 Å². The van der Waals surface area contributed by atoms with Gasteiger partial charge in [0, 0.05) is 6.42 Å². The summed E-state index contributed by atoms with van der Waals surface area (Å²) in [5.74, 6) is 0.667. The molecule has 4 aromatic carbocycles. The summed E-state index contributed by atoms with van der Waals surface area (Å²) in [7, 11) is 0.885. The quantitative estimate of drug-likeness (QED) is 0.152. The first-order valence-corrected chi connectivity index (χ1v) is 13.6. The molecule has 0 saturated heterocycles. The lowest BCUT2D eigenvalue weighted by Gasteiger charge is -2.06. The Kier molecular flexibility index (Phi) is 10.3. The van der Waals surface area contributed by atoms with E-state index in [1.165, 1.54) is 17.6 Å². The van der Waals surface area contributed by atoms with Gasteiger partial charge in [-0.05, 0) is 52.9 Å². The number of alkyl halides is 3. The first-order chi connectivity index (χ1) is 19.8. The third-order valence-electron chi connectivity index (χ3n) is 6.48. The molecule has 0 unspecified atom stereocenters. The lowest BCUT2D eigenvalue weighted by Crippen LogP contribution is -2.11. The third-order valence-corrected chi connectivity index (χ3v) is 6.48. The molecule has 0 aliphatic carbocycles. The van der Waals surface area contributed by atoms with Crippen LogP contribution in [0.15, 0.2) is 115 Å². The average Bonchev–Trinajstić information content (AvgIpc) is 3.44. The molecule has 1 heterocycles. The summed E-state index contributed by atoms with van der Waals surface area (Å²) in [6, 6.07) is 30.6. The van der Waals surface area contributed by atoms with Crippen LogP contribution in [0, 0.1) is 5.82 Å². The van der Waals surface area contributed by atoms with Gasteiger partial charge in [-0.1, -0.05) is 110 Å². The number of aromatic amines is 1. The van der Waals surface area contributed by atoms with Crippen molar-refractivity contribution in [2.45, 2.75) is 32.3 Å². The van der Waals surface area contributed by atoms with Crippen molar-refractivity contribution in [2.24, 2.45) is 0 Å². The standard InChI is InChI=1S/C18H17FN2.C16H14BF3/c1-2-13-8-14(10-16(19)9-13)11-18-20-12-17(21-18)15-6-4-3-5-7-15;18-16(19,20)14-8-4-6-13(12-14)7-5-11-17-15-9-2-1-3-10-15/h3-10,12H,2,11H2,1H3,(H,20,21);1-10,12,17H,11H2. The van der Waals surface area contributed by atoms with Crippen LogP contribution in [-0.2, 0) is 19.0 Å². The van der Waals surface area contributed by atoms with E-state index in [1.54, 1.807) is 24.3 Å². The molecule has 41 heavy (non-hydrogen) atoms. The second-order valence-corrected chi connectivity index (χ2v) is 9.66. The van der Waals surface area contributed by atoms with Crippen molar-refractivity contribution in [2.75, 3.05) is 0 Å². The minimum atomic E-state index is -4.28. The highest BCUT2D eigenvalue weighted by molar-refractivity contribution is 6.53. The largest absolute Gasteiger partial charge is 0.416 e. The average molecular weight is 554 g/mol. The maximum Gasteiger partial charge on any atom is 0.416 e. The maximum absolute atomic E-state index is 13.6. The summed E-state index contributed by atoms with van der Waals surface area (Å²) in [4.78, 5) is 7.70. The van der Waals surface area contributed by atoms with Gasteiger partial charge in [0.2, 0.25) is 0 Å². The van der Waals surface area contributed by atoms with Crippen molar-refractivity contribution < 1.29 is 17.6 Å². The van der Waals surface area contributed by atoms with Gasteiger partial charge in [0.15, 0.2) is 7.28 Å². The minimum Gasteiger partial charge on any atom is -0.342 e. The number of rotatable bonds is 8. The van der Waals surface area contributed by atoms with Gasteiger partial charge in [-0.25, -0.2) is 9.37 Å². The molecule has 208 valence electrons. The van der Waals surface area contributed by atoms with Gasteiger partial charge < -0.3 is 4.98 Å². The van der Waals surface area contributed by atoms with Gasteiger partial charge in [0.1, 0.15) is 11.6 Å². The van der Waals surface area contributed by atoms with E-state index in [-0.39, 0.29) is 5.82 Å². The fourth-order valence-corrected chi connectivity index (χ4v) is 4.37. The molecule has 5 aromatic rings. The smallest absolute Gasteiger partial charge is 0.342 e. The maximum atomic E-state index is 13.6. The molecule has 0 bridgehead atoms. The number of allylic oxidation sites excluding steroid dienone is 1. The van der Waals surface area contributed by atoms with Crippen LogP contribution in [-0.4, -0.2) is 17.2 Å². The van der Waals surface area contributed by atoms with Crippen LogP contribution < -0.4 is 5.46 Å². The highest BCUT2D eigenvalue weighted by Crippen LogP contribution is 2.29. The number of benzene rings is 4. The van der Waals surface area contributed by atoms with Crippen LogP contribution in [0.5, 0.6) is 0 Å². The van der Waals surface area contributed by atoms with Gasteiger partial charge in [0.25, 0.3) is 0 Å². The Bertz CT molecular complexity index is 1540. The number of halogens is 4. The molecule has 7 heteroatoms. The molecule has 5 rings (SSSR count). The lowest BCUT2D eigenvalue weighted by atomic mass is 9.67. The summed E-state index contributed by atoms with van der Waals surface area (Å²) in [6.45, 7) is 2.03. The molecule has 0 radical (unpaired) electrons. The molecule has 0 spiro atoms. The Balaban J connectivity index is 0.000000189. The molecule has 0 aliphatic heterocycles. The van der Waals surface area contributed by atoms with Crippen LogP contribution in [0.25, 0.3) is 17.3 Å². The predicted molar refractivity (Wildman–Crippen MR) is 161 cm³/mol. The van der Waals surface area contributed by atoms with E-state index in [1.807, 2.05) is 85.9 Å². The lowest BCUT2D eigenvalue weighted by molar-refractivity contribution is -0.137. The molecule has 2 nitrogen and oxygen atoms in total. The molecule has 0 atom stereocenters. The fourth-order valence-electron chi connectivity index (χ4n) is 4.37. The summed E-state index contributed by atoms with van der Waals surface area (Å²) in [6.07, 6.45) is 3.43. The SMILES string of the molecule is CCc1cc(F)cc(Cc2ncc(-c3ccccc3)[nH]2)c1.FC(F)(F)c1cccc(C=CCBc2ccccc2)c1. The Labute approximate surface area is 239 Å². The van der Waals surface area contributed by atoms with Gasteiger partial charge in [-0.15, -0.1) is 0 Å². The Morgan fingerprint density at radius 2 is 1.54 bits per heavy atom. The van der Waals surface area contributed by atoms with E-state index < -0.39 is 11.7 Å². The fraction of sp³-hybridized carbons (Fsp3) is 0.147. The molecule has 0 aliphatic rings.